The smallest absolute Gasteiger partial charge is 0.287 e. The van der Waals surface area contributed by atoms with Crippen LogP contribution in [0.15, 0.2) is 40.8 Å². The Labute approximate surface area is 198 Å². The van der Waals surface area contributed by atoms with Crippen LogP contribution >= 0.6 is 0 Å². The Balaban J connectivity index is 1.50. The van der Waals surface area contributed by atoms with Gasteiger partial charge in [0.25, 0.3) is 11.8 Å². The molecular formula is C25H31N5O4. The van der Waals surface area contributed by atoms with Crippen molar-refractivity contribution in [3.8, 4) is 11.3 Å². The molecule has 0 aliphatic carbocycles. The monoisotopic (exact) mass is 465 g/mol. The number of aromatic amines is 1. The van der Waals surface area contributed by atoms with Crippen LogP contribution in [0.25, 0.3) is 22.2 Å². The number of hydrogen-bond donors (Lipinski definition) is 3. The van der Waals surface area contributed by atoms with E-state index < -0.39 is 11.9 Å². The first-order chi connectivity index (χ1) is 16.3. The van der Waals surface area contributed by atoms with E-state index in [0.717, 1.165) is 29.6 Å². The highest BCUT2D eigenvalue weighted by atomic mass is 16.4. The highest BCUT2D eigenvalue weighted by Gasteiger charge is 2.25. The number of benzene rings is 1. The number of amides is 3. The van der Waals surface area contributed by atoms with Crippen LogP contribution in [-0.2, 0) is 4.79 Å². The van der Waals surface area contributed by atoms with Crippen molar-refractivity contribution < 1.29 is 18.8 Å². The van der Waals surface area contributed by atoms with Crippen LogP contribution in [0.5, 0.6) is 0 Å². The summed E-state index contributed by atoms with van der Waals surface area (Å²) >= 11 is 0. The molecule has 180 valence electrons. The lowest BCUT2D eigenvalue weighted by molar-refractivity contribution is -0.123. The zero-order valence-corrected chi connectivity index (χ0v) is 20.0. The molecule has 3 amide bonds. The second-order valence-corrected chi connectivity index (χ2v) is 9.05. The molecule has 9 heteroatoms. The van der Waals surface area contributed by atoms with Gasteiger partial charge in [0.15, 0.2) is 5.76 Å². The largest absolute Gasteiger partial charge is 0.451 e. The lowest BCUT2D eigenvalue weighted by atomic mass is 10.0. The third kappa shape index (κ3) is 4.84. The number of rotatable bonds is 6. The van der Waals surface area contributed by atoms with Gasteiger partial charge in [-0.2, -0.15) is 0 Å². The third-order valence-corrected chi connectivity index (χ3v) is 6.24. The maximum Gasteiger partial charge on any atom is 0.287 e. The molecule has 4 rings (SSSR count). The van der Waals surface area contributed by atoms with Crippen molar-refractivity contribution in [2.24, 2.45) is 5.92 Å². The molecule has 1 fully saturated rings. The van der Waals surface area contributed by atoms with Crippen molar-refractivity contribution in [2.75, 3.05) is 40.3 Å². The number of aromatic nitrogens is 1. The Morgan fingerprint density at radius 1 is 1.03 bits per heavy atom. The zero-order valence-electron chi connectivity index (χ0n) is 20.0. The molecule has 1 saturated heterocycles. The van der Waals surface area contributed by atoms with Crippen molar-refractivity contribution >= 4 is 28.6 Å². The molecule has 9 nitrogen and oxygen atoms in total. The molecule has 1 aromatic carbocycles. The number of fused-ring (bicyclic) bond motifs is 1. The average Bonchev–Trinajstić information content (AvgIpc) is 3.48. The van der Waals surface area contributed by atoms with E-state index in [4.69, 9.17) is 4.42 Å². The van der Waals surface area contributed by atoms with Gasteiger partial charge in [-0.3, -0.25) is 14.4 Å². The minimum atomic E-state index is -0.655. The summed E-state index contributed by atoms with van der Waals surface area (Å²) in [4.78, 5) is 44.9. The summed E-state index contributed by atoms with van der Waals surface area (Å²) in [7, 11) is 3.59. The molecule has 1 aliphatic heterocycles. The van der Waals surface area contributed by atoms with Crippen LogP contribution in [-0.4, -0.2) is 78.8 Å². The highest BCUT2D eigenvalue weighted by Crippen LogP contribution is 2.27. The first-order valence-electron chi connectivity index (χ1n) is 11.5. The molecule has 3 heterocycles. The summed E-state index contributed by atoms with van der Waals surface area (Å²) < 4.78 is 5.80. The van der Waals surface area contributed by atoms with Crippen LogP contribution < -0.4 is 10.6 Å². The predicted octanol–water partition coefficient (Wildman–Crippen LogP) is 2.32. The quantitative estimate of drug-likeness (QED) is 0.518. The Kier molecular flexibility index (Phi) is 6.74. The number of furan rings is 1. The Bertz CT molecular complexity index is 1200. The van der Waals surface area contributed by atoms with Gasteiger partial charge in [-0.15, -0.1) is 0 Å². The van der Waals surface area contributed by atoms with E-state index in [-0.39, 0.29) is 23.5 Å². The summed E-state index contributed by atoms with van der Waals surface area (Å²) in [6.45, 7) is 6.89. The molecule has 2 aromatic heterocycles. The molecule has 0 radical (unpaired) electrons. The van der Waals surface area contributed by atoms with E-state index in [2.05, 4.69) is 27.6 Å². The van der Waals surface area contributed by atoms with Gasteiger partial charge in [0.05, 0.1) is 0 Å². The SMILES string of the molecule is CNC(=O)[C@@H](NC(=O)c1ccc(-c2ccc3cc(C(=O)N4CCN(C)CC4)[nH]c3c2)o1)C(C)C. The van der Waals surface area contributed by atoms with Crippen LogP contribution in [0, 0.1) is 5.92 Å². The van der Waals surface area contributed by atoms with Crippen LogP contribution in [0.4, 0.5) is 0 Å². The number of carbonyl (C=O) groups excluding carboxylic acids is 3. The lowest BCUT2D eigenvalue weighted by Gasteiger charge is -2.32. The first kappa shape index (κ1) is 23.6. The zero-order chi connectivity index (χ0) is 24.4. The van der Waals surface area contributed by atoms with Crippen molar-refractivity contribution in [1.82, 2.24) is 25.4 Å². The first-order valence-corrected chi connectivity index (χ1v) is 11.5. The summed E-state index contributed by atoms with van der Waals surface area (Å²) in [5, 5.41) is 6.23. The summed E-state index contributed by atoms with van der Waals surface area (Å²) in [5.74, 6) is -0.129. The van der Waals surface area contributed by atoms with Crippen molar-refractivity contribution in [3.63, 3.8) is 0 Å². The number of hydrogen-bond acceptors (Lipinski definition) is 5. The molecule has 0 saturated carbocycles. The molecule has 34 heavy (non-hydrogen) atoms. The predicted molar refractivity (Wildman–Crippen MR) is 130 cm³/mol. The summed E-state index contributed by atoms with van der Waals surface area (Å²) in [6, 6.07) is 10.2. The van der Waals surface area contributed by atoms with Gasteiger partial charge in [0.1, 0.15) is 17.5 Å². The minimum absolute atomic E-state index is 0.00127. The van der Waals surface area contributed by atoms with Crippen LogP contribution in [0.3, 0.4) is 0 Å². The molecule has 1 aliphatic rings. The van der Waals surface area contributed by atoms with Gasteiger partial charge in [-0.05, 0) is 37.2 Å². The van der Waals surface area contributed by atoms with Gasteiger partial charge in [0, 0.05) is 49.7 Å². The fourth-order valence-corrected chi connectivity index (χ4v) is 4.09. The van der Waals surface area contributed by atoms with Gasteiger partial charge in [-0.25, -0.2) is 0 Å². The third-order valence-electron chi connectivity index (χ3n) is 6.24. The van der Waals surface area contributed by atoms with Crippen molar-refractivity contribution in [3.05, 3.63) is 47.9 Å². The van der Waals surface area contributed by atoms with Crippen LogP contribution in [0.1, 0.15) is 34.9 Å². The van der Waals surface area contributed by atoms with Gasteiger partial charge < -0.3 is 29.8 Å². The molecule has 3 N–H and O–H groups in total. The molecular weight excluding hydrogens is 434 g/mol. The molecule has 0 bridgehead atoms. The number of nitrogens with one attached hydrogen (secondary N) is 3. The second kappa shape index (κ2) is 9.72. The normalized spacial score (nSPS) is 15.5. The molecule has 0 unspecified atom stereocenters. The van der Waals surface area contributed by atoms with E-state index in [9.17, 15) is 14.4 Å². The Hall–Kier alpha value is -3.59. The van der Waals surface area contributed by atoms with E-state index in [1.165, 1.54) is 7.05 Å². The van der Waals surface area contributed by atoms with E-state index >= 15 is 0 Å². The topological polar surface area (TPSA) is 111 Å². The standard InChI is InChI=1S/C25H31N5O4/c1-15(2)22(24(32)26-3)28-23(31)21-8-7-20(34-21)17-6-5-16-13-19(27-18(16)14-17)25(33)30-11-9-29(4)10-12-30/h5-8,13-15,22,27H,9-12H2,1-4H3,(H,26,32)(H,28,31)/t22-/m0/s1. The van der Waals surface area contributed by atoms with E-state index in [0.29, 0.717) is 24.5 Å². The number of piperazine rings is 1. The van der Waals surface area contributed by atoms with Gasteiger partial charge >= 0.3 is 0 Å². The fourth-order valence-electron chi connectivity index (χ4n) is 4.09. The number of likely N-dealkylation sites (N-methyl/N-ethyl adjacent to an activating group) is 2. The highest BCUT2D eigenvalue weighted by molar-refractivity contribution is 5.99. The lowest BCUT2D eigenvalue weighted by Crippen LogP contribution is -2.48. The maximum absolute atomic E-state index is 12.9. The summed E-state index contributed by atoms with van der Waals surface area (Å²) in [5.41, 5.74) is 2.15. The molecule has 3 aromatic rings. The molecule has 0 spiro atoms. The van der Waals surface area contributed by atoms with Crippen molar-refractivity contribution in [1.29, 1.82) is 0 Å². The van der Waals surface area contributed by atoms with Crippen LogP contribution in [0.2, 0.25) is 0 Å². The number of carbonyl (C=O) groups is 3. The second-order valence-electron chi connectivity index (χ2n) is 9.05. The fraction of sp³-hybridized carbons (Fsp3) is 0.400. The molecule has 1 atom stereocenters. The Morgan fingerprint density at radius 3 is 2.44 bits per heavy atom. The van der Waals surface area contributed by atoms with E-state index in [1.54, 1.807) is 12.1 Å². The van der Waals surface area contributed by atoms with Crippen molar-refractivity contribution in [2.45, 2.75) is 19.9 Å². The number of H-pyrrole nitrogens is 1. The Morgan fingerprint density at radius 2 is 1.76 bits per heavy atom. The average molecular weight is 466 g/mol. The van der Waals surface area contributed by atoms with E-state index in [1.807, 2.05) is 43.0 Å². The summed E-state index contributed by atoms with van der Waals surface area (Å²) in [6.07, 6.45) is 0. The minimum Gasteiger partial charge on any atom is -0.451 e. The van der Waals surface area contributed by atoms with Gasteiger partial charge in [0.2, 0.25) is 5.91 Å². The number of nitrogens with zero attached hydrogens (tertiary/aromatic N) is 2. The maximum atomic E-state index is 12.9. The van der Waals surface area contributed by atoms with Gasteiger partial charge in [-0.1, -0.05) is 26.0 Å².